The predicted molar refractivity (Wildman–Crippen MR) is 105 cm³/mol. The van der Waals surface area contributed by atoms with Gasteiger partial charge < -0.3 is 5.32 Å². The molecule has 0 spiro atoms. The molecule has 0 aliphatic carbocycles. The van der Waals surface area contributed by atoms with E-state index in [1.165, 1.54) is 17.4 Å². The SMILES string of the molecule is CC(C)(c1nnc(Nc2ccc3[nH]ncc3c2)s1)c1ccccc1[N+](=O)[O-]. The van der Waals surface area contributed by atoms with E-state index in [1.54, 1.807) is 24.4 Å². The number of hydrogen-bond acceptors (Lipinski definition) is 7. The van der Waals surface area contributed by atoms with E-state index in [4.69, 9.17) is 0 Å². The summed E-state index contributed by atoms with van der Waals surface area (Å²) in [6.45, 7) is 3.83. The smallest absolute Gasteiger partial charge is 0.273 e. The Morgan fingerprint density at radius 1 is 1.19 bits per heavy atom. The predicted octanol–water partition coefficient (Wildman–Crippen LogP) is 4.39. The van der Waals surface area contributed by atoms with Gasteiger partial charge in [-0.15, -0.1) is 10.2 Å². The van der Waals surface area contributed by atoms with Crippen molar-refractivity contribution in [3.05, 3.63) is 69.3 Å². The fourth-order valence-electron chi connectivity index (χ4n) is 2.95. The highest BCUT2D eigenvalue weighted by atomic mass is 32.1. The van der Waals surface area contributed by atoms with E-state index in [1.807, 2.05) is 32.0 Å². The quantitative estimate of drug-likeness (QED) is 0.392. The van der Waals surface area contributed by atoms with Gasteiger partial charge in [-0.05, 0) is 32.0 Å². The molecule has 4 rings (SSSR count). The van der Waals surface area contributed by atoms with Crippen LogP contribution in [0.5, 0.6) is 0 Å². The fourth-order valence-corrected chi connectivity index (χ4v) is 3.83. The van der Waals surface area contributed by atoms with Crippen molar-refractivity contribution in [2.45, 2.75) is 19.3 Å². The van der Waals surface area contributed by atoms with E-state index in [0.29, 0.717) is 15.7 Å². The molecule has 0 fully saturated rings. The van der Waals surface area contributed by atoms with Crippen LogP contribution in [0, 0.1) is 10.1 Å². The maximum absolute atomic E-state index is 11.4. The molecule has 136 valence electrons. The molecule has 0 saturated carbocycles. The first-order chi connectivity index (χ1) is 12.9. The van der Waals surface area contributed by atoms with E-state index in [0.717, 1.165) is 16.6 Å². The Morgan fingerprint density at radius 3 is 2.81 bits per heavy atom. The lowest BCUT2D eigenvalue weighted by molar-refractivity contribution is -0.385. The Hall–Kier alpha value is -3.33. The van der Waals surface area contributed by atoms with Crippen molar-refractivity contribution in [1.29, 1.82) is 0 Å². The van der Waals surface area contributed by atoms with Crippen molar-refractivity contribution in [3.63, 3.8) is 0 Å². The Balaban J connectivity index is 1.64. The first-order valence-electron chi connectivity index (χ1n) is 8.23. The average Bonchev–Trinajstić information content (AvgIpc) is 3.31. The number of aromatic nitrogens is 4. The lowest BCUT2D eigenvalue weighted by Crippen LogP contribution is -2.20. The highest BCUT2D eigenvalue weighted by molar-refractivity contribution is 7.15. The third kappa shape index (κ3) is 3.13. The van der Waals surface area contributed by atoms with Crippen LogP contribution in [0.4, 0.5) is 16.5 Å². The Morgan fingerprint density at radius 2 is 2.00 bits per heavy atom. The van der Waals surface area contributed by atoms with E-state index < -0.39 is 5.41 Å². The van der Waals surface area contributed by atoms with Gasteiger partial charge in [0.2, 0.25) is 5.13 Å². The molecule has 2 aromatic carbocycles. The van der Waals surface area contributed by atoms with Crippen LogP contribution in [0.1, 0.15) is 24.4 Å². The van der Waals surface area contributed by atoms with Gasteiger partial charge in [0.05, 0.1) is 22.1 Å². The lowest BCUT2D eigenvalue weighted by Gasteiger charge is -2.21. The van der Waals surface area contributed by atoms with E-state index in [-0.39, 0.29) is 10.6 Å². The first-order valence-corrected chi connectivity index (χ1v) is 9.05. The molecule has 2 aromatic heterocycles. The van der Waals surface area contributed by atoms with Crippen LogP contribution >= 0.6 is 11.3 Å². The molecule has 0 bridgehead atoms. The molecule has 0 aliphatic rings. The summed E-state index contributed by atoms with van der Waals surface area (Å²) in [4.78, 5) is 11.0. The van der Waals surface area contributed by atoms with E-state index in [2.05, 4.69) is 25.7 Å². The minimum atomic E-state index is -0.643. The molecule has 0 unspecified atom stereocenters. The number of nitrogens with one attached hydrogen (secondary N) is 2. The summed E-state index contributed by atoms with van der Waals surface area (Å²) >= 11 is 1.38. The van der Waals surface area contributed by atoms with Crippen molar-refractivity contribution in [2.24, 2.45) is 0 Å². The standard InChI is InChI=1S/C18H16N6O2S/c1-18(2,13-5-3-4-6-15(13)24(25)26)16-22-23-17(27-16)20-12-7-8-14-11(9-12)10-19-21-14/h3-10H,1-2H3,(H,19,21)(H,20,23). The van der Waals surface area contributed by atoms with Gasteiger partial charge in [-0.25, -0.2) is 0 Å². The van der Waals surface area contributed by atoms with Crippen LogP contribution in [0.2, 0.25) is 0 Å². The maximum Gasteiger partial charge on any atom is 0.273 e. The fraction of sp³-hybridized carbons (Fsp3) is 0.167. The number of benzene rings is 2. The summed E-state index contributed by atoms with van der Waals surface area (Å²) in [5, 5.41) is 32.3. The van der Waals surface area contributed by atoms with Crippen LogP contribution in [-0.4, -0.2) is 25.3 Å². The molecule has 9 heteroatoms. The van der Waals surface area contributed by atoms with E-state index >= 15 is 0 Å². The lowest BCUT2D eigenvalue weighted by atomic mass is 9.84. The number of fused-ring (bicyclic) bond motifs is 1. The number of rotatable bonds is 5. The second-order valence-electron chi connectivity index (χ2n) is 6.61. The van der Waals surface area contributed by atoms with Crippen molar-refractivity contribution >= 4 is 38.7 Å². The molecule has 2 N–H and O–H groups in total. The summed E-state index contributed by atoms with van der Waals surface area (Å²) in [5.41, 5.74) is 1.87. The van der Waals surface area contributed by atoms with Gasteiger partial charge in [0, 0.05) is 22.7 Å². The number of nitrogens with zero attached hydrogens (tertiary/aromatic N) is 4. The second kappa shape index (κ2) is 6.44. The van der Waals surface area contributed by atoms with Crippen LogP contribution in [0.15, 0.2) is 48.7 Å². The summed E-state index contributed by atoms with van der Waals surface area (Å²) in [6, 6.07) is 12.6. The number of hydrogen-bond donors (Lipinski definition) is 2. The molecule has 0 saturated heterocycles. The van der Waals surface area contributed by atoms with Crippen molar-refractivity contribution in [1.82, 2.24) is 20.4 Å². The summed E-state index contributed by atoms with van der Waals surface area (Å²) in [5.74, 6) is 0. The molecule has 0 radical (unpaired) electrons. The van der Waals surface area contributed by atoms with Gasteiger partial charge in [-0.2, -0.15) is 5.10 Å². The monoisotopic (exact) mass is 380 g/mol. The van der Waals surface area contributed by atoms with Crippen molar-refractivity contribution in [3.8, 4) is 0 Å². The third-order valence-corrected chi connectivity index (χ3v) is 5.59. The van der Waals surface area contributed by atoms with Gasteiger partial charge >= 0.3 is 0 Å². The van der Waals surface area contributed by atoms with Gasteiger partial charge in [0.25, 0.3) is 5.69 Å². The minimum absolute atomic E-state index is 0.0811. The first kappa shape index (κ1) is 17.1. The zero-order valence-electron chi connectivity index (χ0n) is 14.6. The van der Waals surface area contributed by atoms with Crippen molar-refractivity contribution < 1.29 is 4.92 Å². The zero-order chi connectivity index (χ0) is 19.0. The largest absolute Gasteiger partial charge is 0.330 e. The van der Waals surface area contributed by atoms with Crippen LogP contribution in [0.25, 0.3) is 10.9 Å². The van der Waals surface area contributed by atoms with Crippen molar-refractivity contribution in [2.75, 3.05) is 5.32 Å². The summed E-state index contributed by atoms with van der Waals surface area (Å²) in [7, 11) is 0. The molecule has 0 amide bonds. The Labute approximate surface area is 158 Å². The Kier molecular flexibility index (Phi) is 4.08. The molecular weight excluding hydrogens is 364 g/mol. The topological polar surface area (TPSA) is 110 Å². The third-order valence-electron chi connectivity index (χ3n) is 4.43. The zero-order valence-corrected chi connectivity index (χ0v) is 15.4. The van der Waals surface area contributed by atoms with Gasteiger partial charge in [-0.1, -0.05) is 29.5 Å². The number of aromatic amines is 1. The molecule has 0 atom stereocenters. The number of nitro benzene ring substituents is 1. The number of nitro groups is 1. The maximum atomic E-state index is 11.4. The van der Waals surface area contributed by atoms with Crippen LogP contribution < -0.4 is 5.32 Å². The second-order valence-corrected chi connectivity index (χ2v) is 7.59. The highest BCUT2D eigenvalue weighted by Crippen LogP contribution is 2.39. The molecule has 8 nitrogen and oxygen atoms in total. The highest BCUT2D eigenvalue weighted by Gasteiger charge is 2.33. The molecular formula is C18H16N6O2S. The number of H-pyrrole nitrogens is 1. The van der Waals surface area contributed by atoms with E-state index in [9.17, 15) is 10.1 Å². The summed E-state index contributed by atoms with van der Waals surface area (Å²) in [6.07, 6.45) is 1.75. The van der Waals surface area contributed by atoms with Gasteiger partial charge in [0.1, 0.15) is 5.01 Å². The van der Waals surface area contributed by atoms with Gasteiger partial charge in [-0.3, -0.25) is 15.2 Å². The average molecular weight is 380 g/mol. The summed E-state index contributed by atoms with van der Waals surface area (Å²) < 4.78 is 0. The molecule has 0 aliphatic heterocycles. The normalized spacial score (nSPS) is 11.6. The van der Waals surface area contributed by atoms with Gasteiger partial charge in [0.15, 0.2) is 0 Å². The van der Waals surface area contributed by atoms with Crippen LogP contribution in [-0.2, 0) is 5.41 Å². The molecule has 27 heavy (non-hydrogen) atoms. The molecule has 4 aromatic rings. The van der Waals surface area contributed by atoms with Crippen LogP contribution in [0.3, 0.4) is 0 Å². The number of para-hydroxylation sites is 1. The minimum Gasteiger partial charge on any atom is -0.330 e. The number of anilines is 2. The molecule has 2 heterocycles. The Bertz CT molecular complexity index is 1130.